The molecule has 0 saturated carbocycles. The number of rotatable bonds is 23. The van der Waals surface area contributed by atoms with Gasteiger partial charge < -0.3 is 59.1 Å². The number of ether oxygens (including phenoxy) is 6. The monoisotopic (exact) mass is 608 g/mol. The number of aliphatic hydroxyl groups is 6. The molecule has 0 rings (SSSR count). The van der Waals surface area contributed by atoms with Crippen LogP contribution in [0.15, 0.2) is 35.5 Å². The third kappa shape index (κ3) is 16.3. The lowest BCUT2D eigenvalue weighted by Gasteiger charge is -2.33. The topological polar surface area (TPSA) is 228 Å². The Morgan fingerprint density at radius 3 is 1.31 bits per heavy atom. The Balaban J connectivity index is 5.12. The number of allylic oxidation sites excluding steroid dienone is 3. The summed E-state index contributed by atoms with van der Waals surface area (Å²) in [6, 6.07) is 0. The van der Waals surface area contributed by atoms with Gasteiger partial charge in [-0.25, -0.2) is 14.4 Å². The Morgan fingerprint density at radius 2 is 0.952 bits per heavy atom. The maximum Gasteiger partial charge on any atom is 0.373 e. The van der Waals surface area contributed by atoms with Crippen molar-refractivity contribution in [1.82, 2.24) is 0 Å². The molecule has 0 aromatic carbocycles. The van der Waals surface area contributed by atoms with E-state index in [1.54, 1.807) is 0 Å². The van der Waals surface area contributed by atoms with Crippen LogP contribution in [0.1, 0.15) is 40.0 Å². The number of esters is 3. The average molecular weight is 609 g/mol. The van der Waals surface area contributed by atoms with Crippen molar-refractivity contribution in [2.24, 2.45) is 0 Å². The van der Waals surface area contributed by atoms with Gasteiger partial charge in [-0.3, -0.25) is 0 Å². The second-order valence-electron chi connectivity index (χ2n) is 8.55. The molecule has 242 valence electrons. The SMILES string of the molecule is CC=C(O)C(=O)OCCCOCC(O)C(OCCCOC(=O)C(O)=CC)C(OCCCOC(=O)C(O)=CC)C(O)CO. The highest BCUT2D eigenvalue weighted by atomic mass is 16.6. The largest absolute Gasteiger partial charge is 0.502 e. The summed E-state index contributed by atoms with van der Waals surface area (Å²) in [6.07, 6.45) is -1.34. The molecule has 4 atom stereocenters. The summed E-state index contributed by atoms with van der Waals surface area (Å²) in [5, 5.41) is 58.7. The fraction of sp³-hybridized carbons (Fsp3) is 0.667. The Bertz CT molecular complexity index is 883. The number of carbonyl (C=O) groups excluding carboxylic acids is 3. The van der Waals surface area contributed by atoms with Gasteiger partial charge in [-0.05, 0) is 39.0 Å². The molecular weight excluding hydrogens is 564 g/mol. The summed E-state index contributed by atoms with van der Waals surface area (Å²) in [5.41, 5.74) is 0. The molecule has 0 amide bonds. The molecule has 0 fully saturated rings. The van der Waals surface area contributed by atoms with Crippen molar-refractivity contribution < 1.29 is 73.4 Å². The minimum atomic E-state index is -1.50. The van der Waals surface area contributed by atoms with Gasteiger partial charge in [0.15, 0.2) is 17.3 Å². The van der Waals surface area contributed by atoms with Crippen LogP contribution in [0.3, 0.4) is 0 Å². The first kappa shape index (κ1) is 38.8. The molecule has 0 aromatic rings. The molecular formula is C27H44O15. The van der Waals surface area contributed by atoms with Gasteiger partial charge in [0.2, 0.25) is 0 Å². The average Bonchev–Trinajstić information content (AvgIpc) is 3.00. The van der Waals surface area contributed by atoms with Gasteiger partial charge in [-0.2, -0.15) is 0 Å². The molecule has 0 spiro atoms. The van der Waals surface area contributed by atoms with Crippen LogP contribution < -0.4 is 0 Å². The van der Waals surface area contributed by atoms with Crippen molar-refractivity contribution in [2.45, 2.75) is 64.4 Å². The lowest BCUT2D eigenvalue weighted by molar-refractivity contribution is -0.175. The molecule has 42 heavy (non-hydrogen) atoms. The Morgan fingerprint density at radius 1 is 0.595 bits per heavy atom. The van der Waals surface area contributed by atoms with E-state index in [0.29, 0.717) is 0 Å². The van der Waals surface area contributed by atoms with Crippen molar-refractivity contribution in [1.29, 1.82) is 0 Å². The number of carbonyl (C=O) groups is 3. The van der Waals surface area contributed by atoms with Gasteiger partial charge >= 0.3 is 17.9 Å². The molecule has 0 aliphatic carbocycles. The first-order valence-electron chi connectivity index (χ1n) is 13.4. The number of hydrogen-bond acceptors (Lipinski definition) is 15. The summed E-state index contributed by atoms with van der Waals surface area (Å²) in [6.45, 7) is 2.89. The van der Waals surface area contributed by atoms with E-state index in [9.17, 15) is 45.0 Å². The van der Waals surface area contributed by atoms with Crippen molar-refractivity contribution in [2.75, 3.05) is 52.9 Å². The second-order valence-corrected chi connectivity index (χ2v) is 8.55. The Kier molecular flexibility index (Phi) is 21.6. The summed E-state index contributed by atoms with van der Waals surface area (Å²) < 4.78 is 31.4. The van der Waals surface area contributed by atoms with Crippen LogP contribution in [0.4, 0.5) is 0 Å². The molecule has 0 bridgehead atoms. The van der Waals surface area contributed by atoms with Crippen LogP contribution >= 0.6 is 0 Å². The van der Waals surface area contributed by atoms with Crippen LogP contribution in [0, 0.1) is 0 Å². The zero-order valence-corrected chi connectivity index (χ0v) is 24.2. The lowest BCUT2D eigenvalue weighted by atomic mass is 10.0. The molecule has 0 radical (unpaired) electrons. The minimum Gasteiger partial charge on any atom is -0.502 e. The zero-order valence-electron chi connectivity index (χ0n) is 24.2. The number of hydrogen-bond donors (Lipinski definition) is 6. The molecule has 15 nitrogen and oxygen atoms in total. The van der Waals surface area contributed by atoms with E-state index in [0.717, 1.165) is 0 Å². The summed E-state index contributed by atoms with van der Waals surface area (Å²) in [4.78, 5) is 34.5. The standard InChI is InChI=1S/C27H44O15/c1-4-18(29)25(34)40-13-7-10-37-17-22(33)24(39-12-9-15-42-27(36)20(31)6-3)23(21(32)16-28)38-11-8-14-41-26(35)19(30)5-2/h4-6,21-24,28-33H,7-17H2,1-3H3. The van der Waals surface area contributed by atoms with Gasteiger partial charge in [-0.1, -0.05) is 0 Å². The Labute approximate surface area is 244 Å². The van der Waals surface area contributed by atoms with Crippen molar-refractivity contribution in [3.05, 3.63) is 35.5 Å². The van der Waals surface area contributed by atoms with Crippen LogP contribution in [0.25, 0.3) is 0 Å². The molecule has 0 aliphatic rings. The quantitative estimate of drug-likeness (QED) is 0.0308. The van der Waals surface area contributed by atoms with Crippen molar-refractivity contribution >= 4 is 17.9 Å². The molecule has 0 saturated heterocycles. The summed E-state index contributed by atoms with van der Waals surface area (Å²) in [7, 11) is 0. The van der Waals surface area contributed by atoms with E-state index in [-0.39, 0.29) is 65.5 Å². The van der Waals surface area contributed by atoms with Crippen LogP contribution in [0.5, 0.6) is 0 Å². The molecule has 0 aliphatic heterocycles. The fourth-order valence-corrected chi connectivity index (χ4v) is 3.04. The predicted octanol–water partition coefficient (Wildman–Crippen LogP) is 0.673. The van der Waals surface area contributed by atoms with E-state index in [4.69, 9.17) is 28.4 Å². The van der Waals surface area contributed by atoms with Gasteiger partial charge in [-0.15, -0.1) is 0 Å². The van der Waals surface area contributed by atoms with E-state index < -0.39 is 66.2 Å². The number of aliphatic hydroxyl groups excluding tert-OH is 6. The van der Waals surface area contributed by atoms with Gasteiger partial charge in [0.1, 0.15) is 24.4 Å². The zero-order chi connectivity index (χ0) is 31.9. The van der Waals surface area contributed by atoms with Crippen LogP contribution in [-0.4, -0.2) is 126 Å². The summed E-state index contributed by atoms with van der Waals surface area (Å²) >= 11 is 0. The fourth-order valence-electron chi connectivity index (χ4n) is 3.04. The Hall–Kier alpha value is -3.21. The third-order valence-electron chi connectivity index (χ3n) is 5.34. The lowest BCUT2D eigenvalue weighted by Crippen LogP contribution is -2.50. The van der Waals surface area contributed by atoms with Gasteiger partial charge in [0.25, 0.3) is 0 Å². The van der Waals surface area contributed by atoms with Crippen molar-refractivity contribution in [3.63, 3.8) is 0 Å². The summed E-state index contributed by atoms with van der Waals surface area (Å²) in [5.74, 6) is -4.36. The minimum absolute atomic E-state index is 0.0521. The highest BCUT2D eigenvalue weighted by Gasteiger charge is 2.35. The normalized spacial score (nSPS) is 15.4. The maximum atomic E-state index is 11.6. The third-order valence-corrected chi connectivity index (χ3v) is 5.34. The van der Waals surface area contributed by atoms with Crippen LogP contribution in [-0.2, 0) is 42.8 Å². The molecule has 0 aromatic heterocycles. The smallest absolute Gasteiger partial charge is 0.373 e. The highest BCUT2D eigenvalue weighted by Crippen LogP contribution is 2.16. The van der Waals surface area contributed by atoms with E-state index in [1.807, 2.05) is 0 Å². The first-order chi connectivity index (χ1) is 20.0. The van der Waals surface area contributed by atoms with Gasteiger partial charge in [0.05, 0.1) is 46.2 Å². The van der Waals surface area contributed by atoms with E-state index >= 15 is 0 Å². The van der Waals surface area contributed by atoms with Crippen LogP contribution in [0.2, 0.25) is 0 Å². The van der Waals surface area contributed by atoms with E-state index in [1.165, 1.54) is 39.0 Å². The molecule has 0 heterocycles. The van der Waals surface area contributed by atoms with Gasteiger partial charge in [0, 0.05) is 25.9 Å². The molecule has 4 unspecified atom stereocenters. The van der Waals surface area contributed by atoms with Crippen molar-refractivity contribution in [3.8, 4) is 0 Å². The first-order valence-corrected chi connectivity index (χ1v) is 13.4. The molecule has 15 heteroatoms. The predicted molar refractivity (Wildman–Crippen MR) is 145 cm³/mol. The highest BCUT2D eigenvalue weighted by molar-refractivity contribution is 5.86. The second kappa shape index (κ2) is 23.4. The maximum absolute atomic E-state index is 11.6. The van der Waals surface area contributed by atoms with E-state index in [2.05, 4.69) is 0 Å². The molecule has 6 N–H and O–H groups in total.